The number of para-hydroxylation sites is 1. The quantitative estimate of drug-likeness (QED) is 0.892. The van der Waals surface area contributed by atoms with Crippen LogP contribution in [0.1, 0.15) is 56.3 Å². The van der Waals surface area contributed by atoms with Crippen LogP contribution in [0.4, 0.5) is 0 Å². The summed E-state index contributed by atoms with van der Waals surface area (Å²) in [5.41, 5.74) is 3.47. The van der Waals surface area contributed by atoms with Gasteiger partial charge in [0, 0.05) is 29.6 Å². The van der Waals surface area contributed by atoms with Crippen molar-refractivity contribution in [2.24, 2.45) is 0 Å². The van der Waals surface area contributed by atoms with Crippen LogP contribution < -0.4 is 0 Å². The molecular formula is C20H26N2O3S. The third-order valence-corrected chi connectivity index (χ3v) is 8.33. The number of sulfone groups is 1. The average Bonchev–Trinajstić information content (AvgIpc) is 3.29. The molecule has 0 radical (unpaired) electrons. The van der Waals surface area contributed by atoms with Gasteiger partial charge in [-0.25, -0.2) is 8.42 Å². The first-order valence-corrected chi connectivity index (χ1v) is 11.3. The number of aromatic nitrogens is 1. The second kappa shape index (κ2) is 6.72. The lowest BCUT2D eigenvalue weighted by molar-refractivity contribution is -0.133. The molecule has 1 saturated carbocycles. The van der Waals surface area contributed by atoms with Crippen molar-refractivity contribution in [1.29, 1.82) is 0 Å². The predicted octanol–water partition coefficient (Wildman–Crippen LogP) is 3.36. The number of aromatic amines is 1. The lowest BCUT2D eigenvalue weighted by atomic mass is 9.98. The SMILES string of the molecule is C[C@@H]1c2[nH]c3ccccc3c2CCN1C(=O)CCS(=O)(=O)C1CCCC1. The summed E-state index contributed by atoms with van der Waals surface area (Å²) in [5.74, 6) is -0.0670. The largest absolute Gasteiger partial charge is 0.356 e. The maximum Gasteiger partial charge on any atom is 0.224 e. The number of hydrogen-bond donors (Lipinski definition) is 1. The Balaban J connectivity index is 1.47. The highest BCUT2D eigenvalue weighted by Crippen LogP contribution is 2.34. The first-order valence-electron chi connectivity index (χ1n) is 9.58. The topological polar surface area (TPSA) is 70.2 Å². The molecule has 2 aliphatic rings. The molecule has 1 aromatic heterocycles. The molecule has 2 aromatic rings. The van der Waals surface area contributed by atoms with Crippen molar-refractivity contribution < 1.29 is 13.2 Å². The van der Waals surface area contributed by atoms with E-state index in [1.165, 1.54) is 10.9 Å². The van der Waals surface area contributed by atoms with E-state index in [4.69, 9.17) is 0 Å². The molecule has 1 fully saturated rings. The molecule has 5 nitrogen and oxygen atoms in total. The van der Waals surface area contributed by atoms with Crippen LogP contribution >= 0.6 is 0 Å². The van der Waals surface area contributed by atoms with Gasteiger partial charge in [0.05, 0.1) is 17.0 Å². The van der Waals surface area contributed by atoms with Crippen molar-refractivity contribution in [3.63, 3.8) is 0 Å². The van der Waals surface area contributed by atoms with Gasteiger partial charge < -0.3 is 9.88 Å². The standard InChI is InChI=1S/C20H26N2O3S/c1-14-20-17(16-8-4-5-9-18(16)21-20)10-12-22(14)19(23)11-13-26(24,25)15-6-2-3-7-15/h4-5,8-9,14-15,21H,2-3,6-7,10-13H2,1H3/t14-/m1/s1. The molecule has 0 unspecified atom stereocenters. The van der Waals surface area contributed by atoms with E-state index in [2.05, 4.69) is 17.1 Å². The van der Waals surface area contributed by atoms with Gasteiger partial charge in [0.15, 0.2) is 9.84 Å². The van der Waals surface area contributed by atoms with Gasteiger partial charge in [-0.05, 0) is 37.8 Å². The van der Waals surface area contributed by atoms with E-state index in [1.54, 1.807) is 0 Å². The monoisotopic (exact) mass is 374 g/mol. The van der Waals surface area contributed by atoms with Crippen molar-refractivity contribution >= 4 is 26.6 Å². The molecular weight excluding hydrogens is 348 g/mol. The van der Waals surface area contributed by atoms with E-state index in [9.17, 15) is 13.2 Å². The summed E-state index contributed by atoms with van der Waals surface area (Å²) in [6, 6.07) is 8.16. The fourth-order valence-electron chi connectivity index (χ4n) is 4.56. The summed E-state index contributed by atoms with van der Waals surface area (Å²) < 4.78 is 24.9. The van der Waals surface area contributed by atoms with Crippen molar-refractivity contribution in [2.75, 3.05) is 12.3 Å². The molecule has 1 aliphatic carbocycles. The van der Waals surface area contributed by atoms with Crippen LogP contribution in [0.25, 0.3) is 10.9 Å². The molecule has 1 amide bonds. The highest BCUT2D eigenvalue weighted by molar-refractivity contribution is 7.92. The van der Waals surface area contributed by atoms with E-state index in [0.29, 0.717) is 6.54 Å². The molecule has 1 N–H and O–H groups in total. The Bertz CT molecular complexity index is 926. The van der Waals surface area contributed by atoms with E-state index in [-0.39, 0.29) is 29.4 Å². The Kier molecular flexibility index (Phi) is 4.55. The van der Waals surface area contributed by atoms with Crippen LogP contribution in [0.2, 0.25) is 0 Å². The van der Waals surface area contributed by atoms with Gasteiger partial charge in [-0.3, -0.25) is 4.79 Å². The molecule has 4 rings (SSSR count). The molecule has 2 heterocycles. The summed E-state index contributed by atoms with van der Waals surface area (Å²) >= 11 is 0. The summed E-state index contributed by atoms with van der Waals surface area (Å²) in [6.07, 6.45) is 4.40. The number of carbonyl (C=O) groups excluding carboxylic acids is 1. The number of amides is 1. The fraction of sp³-hybridized carbons (Fsp3) is 0.550. The van der Waals surface area contributed by atoms with Crippen molar-refractivity contribution in [3.8, 4) is 0 Å². The zero-order valence-corrected chi connectivity index (χ0v) is 16.0. The number of fused-ring (bicyclic) bond motifs is 3. The van der Waals surface area contributed by atoms with E-state index >= 15 is 0 Å². The van der Waals surface area contributed by atoms with E-state index in [1.807, 2.05) is 24.0 Å². The summed E-state index contributed by atoms with van der Waals surface area (Å²) in [6.45, 7) is 2.68. The van der Waals surface area contributed by atoms with E-state index < -0.39 is 9.84 Å². The minimum Gasteiger partial charge on any atom is -0.356 e. The normalized spacial score (nSPS) is 21.3. The Labute approximate surface area is 154 Å². The van der Waals surface area contributed by atoms with Gasteiger partial charge in [0.25, 0.3) is 0 Å². The van der Waals surface area contributed by atoms with Gasteiger partial charge in [0.2, 0.25) is 5.91 Å². The Morgan fingerprint density at radius 1 is 1.23 bits per heavy atom. The highest BCUT2D eigenvalue weighted by Gasteiger charge is 2.33. The average molecular weight is 375 g/mol. The van der Waals surface area contributed by atoms with Crippen LogP contribution in [-0.4, -0.2) is 41.8 Å². The second-order valence-electron chi connectivity index (χ2n) is 7.60. The third kappa shape index (κ3) is 3.04. The maximum absolute atomic E-state index is 12.7. The molecule has 26 heavy (non-hydrogen) atoms. The molecule has 1 aliphatic heterocycles. The third-order valence-electron chi connectivity index (χ3n) is 6.07. The number of nitrogens with zero attached hydrogens (tertiary/aromatic N) is 1. The zero-order valence-electron chi connectivity index (χ0n) is 15.2. The fourth-order valence-corrected chi connectivity index (χ4v) is 6.40. The van der Waals surface area contributed by atoms with Gasteiger partial charge in [-0.1, -0.05) is 31.0 Å². The van der Waals surface area contributed by atoms with Gasteiger partial charge in [-0.2, -0.15) is 0 Å². The van der Waals surface area contributed by atoms with E-state index in [0.717, 1.165) is 43.3 Å². The minimum atomic E-state index is -3.15. The molecule has 140 valence electrons. The first-order chi connectivity index (χ1) is 12.5. The number of benzene rings is 1. The van der Waals surface area contributed by atoms with Crippen LogP contribution in [0.5, 0.6) is 0 Å². The van der Waals surface area contributed by atoms with Crippen LogP contribution in [0.15, 0.2) is 24.3 Å². The summed E-state index contributed by atoms with van der Waals surface area (Å²) in [7, 11) is -3.15. The Morgan fingerprint density at radius 3 is 2.73 bits per heavy atom. The smallest absolute Gasteiger partial charge is 0.224 e. The molecule has 0 bridgehead atoms. The predicted molar refractivity (Wildman–Crippen MR) is 103 cm³/mol. The van der Waals surface area contributed by atoms with Crippen LogP contribution in [0, 0.1) is 0 Å². The van der Waals surface area contributed by atoms with Crippen LogP contribution in [0.3, 0.4) is 0 Å². The van der Waals surface area contributed by atoms with Crippen LogP contribution in [-0.2, 0) is 21.1 Å². The molecule has 6 heteroatoms. The van der Waals surface area contributed by atoms with Crippen molar-refractivity contribution in [3.05, 3.63) is 35.5 Å². The first kappa shape index (κ1) is 17.6. The molecule has 0 saturated heterocycles. The van der Waals surface area contributed by atoms with Gasteiger partial charge in [-0.15, -0.1) is 0 Å². The minimum absolute atomic E-state index is 0.0146. The highest BCUT2D eigenvalue weighted by atomic mass is 32.2. The molecule has 1 atom stereocenters. The number of carbonyl (C=O) groups is 1. The Morgan fingerprint density at radius 2 is 1.96 bits per heavy atom. The number of nitrogens with one attached hydrogen (secondary N) is 1. The maximum atomic E-state index is 12.7. The Hall–Kier alpha value is -1.82. The molecule has 1 aromatic carbocycles. The number of rotatable bonds is 4. The van der Waals surface area contributed by atoms with Gasteiger partial charge >= 0.3 is 0 Å². The second-order valence-corrected chi connectivity index (χ2v) is 10.0. The van der Waals surface area contributed by atoms with Crippen molar-refractivity contribution in [1.82, 2.24) is 9.88 Å². The number of hydrogen-bond acceptors (Lipinski definition) is 3. The number of H-pyrrole nitrogens is 1. The molecule has 0 spiro atoms. The lowest BCUT2D eigenvalue weighted by Gasteiger charge is -2.33. The van der Waals surface area contributed by atoms with Crippen molar-refractivity contribution in [2.45, 2.75) is 56.7 Å². The van der Waals surface area contributed by atoms with Gasteiger partial charge in [0.1, 0.15) is 0 Å². The zero-order chi connectivity index (χ0) is 18.3. The summed E-state index contributed by atoms with van der Waals surface area (Å²) in [4.78, 5) is 18.0. The lowest BCUT2D eigenvalue weighted by Crippen LogP contribution is -2.39. The summed E-state index contributed by atoms with van der Waals surface area (Å²) in [5, 5.41) is 1.000.